The molecule has 0 N–H and O–H groups in total. The van der Waals surface area contributed by atoms with Crippen molar-refractivity contribution >= 4 is 5.78 Å². The number of allylic oxidation sites excluding steroid dienone is 2. The van der Waals surface area contributed by atoms with Crippen LogP contribution in [0.5, 0.6) is 0 Å². The first-order valence-electron chi connectivity index (χ1n) is 7.04. The second-order valence-electron chi connectivity index (χ2n) is 5.63. The van der Waals surface area contributed by atoms with Crippen molar-refractivity contribution in [2.75, 3.05) is 6.67 Å². The lowest BCUT2D eigenvalue weighted by atomic mass is 9.71. The molecule has 1 nitrogen and oxygen atoms in total. The third kappa shape index (κ3) is 3.65. The van der Waals surface area contributed by atoms with Crippen LogP contribution in [-0.4, -0.2) is 12.5 Å². The molecular formula is C15H23FO. The van der Waals surface area contributed by atoms with Gasteiger partial charge in [-0.1, -0.05) is 12.2 Å². The van der Waals surface area contributed by atoms with Crippen LogP contribution in [0.25, 0.3) is 0 Å². The minimum absolute atomic E-state index is 0.329. The first kappa shape index (κ1) is 12.8. The van der Waals surface area contributed by atoms with Gasteiger partial charge in [-0.25, -0.2) is 4.39 Å². The van der Waals surface area contributed by atoms with Crippen LogP contribution < -0.4 is 0 Å². The van der Waals surface area contributed by atoms with Gasteiger partial charge in [-0.3, -0.25) is 4.79 Å². The molecule has 0 amide bonds. The summed E-state index contributed by atoms with van der Waals surface area (Å²) < 4.78 is 12.0. The van der Waals surface area contributed by atoms with E-state index in [0.717, 1.165) is 37.5 Å². The van der Waals surface area contributed by atoms with Crippen LogP contribution in [0.2, 0.25) is 0 Å². The van der Waals surface area contributed by atoms with Crippen LogP contribution in [0.1, 0.15) is 51.4 Å². The van der Waals surface area contributed by atoms with Gasteiger partial charge in [0.1, 0.15) is 12.5 Å². The van der Waals surface area contributed by atoms with Crippen LogP contribution in [0.4, 0.5) is 4.39 Å². The third-order valence-electron chi connectivity index (χ3n) is 4.57. The van der Waals surface area contributed by atoms with Gasteiger partial charge in [0.15, 0.2) is 0 Å². The summed E-state index contributed by atoms with van der Waals surface area (Å²) in [5, 5.41) is 0. The lowest BCUT2D eigenvalue weighted by Crippen LogP contribution is -2.25. The Hall–Kier alpha value is -0.660. The van der Waals surface area contributed by atoms with Gasteiger partial charge in [0.2, 0.25) is 0 Å². The Kier molecular flexibility index (Phi) is 4.75. The minimum atomic E-state index is -0.329. The van der Waals surface area contributed by atoms with Crippen molar-refractivity contribution < 1.29 is 9.18 Å². The van der Waals surface area contributed by atoms with E-state index in [1.807, 2.05) is 0 Å². The Morgan fingerprint density at radius 3 is 2.18 bits per heavy atom. The number of alkyl halides is 1. The molecule has 0 aromatic carbocycles. The largest absolute Gasteiger partial charge is 0.300 e. The molecule has 2 heteroatoms. The van der Waals surface area contributed by atoms with Gasteiger partial charge in [-0.2, -0.15) is 0 Å². The van der Waals surface area contributed by atoms with Gasteiger partial charge in [0.25, 0.3) is 0 Å². The highest BCUT2D eigenvalue weighted by Gasteiger charge is 2.29. The Balaban J connectivity index is 1.75. The van der Waals surface area contributed by atoms with E-state index in [1.54, 1.807) is 6.08 Å². The second kappa shape index (κ2) is 6.32. The SMILES string of the molecule is O=C1CCC(C2CCC(C=CCF)CC2)CC1. The van der Waals surface area contributed by atoms with Crippen molar-refractivity contribution in [3.63, 3.8) is 0 Å². The van der Waals surface area contributed by atoms with E-state index < -0.39 is 0 Å². The molecule has 0 spiro atoms. The number of rotatable bonds is 3. The molecule has 0 saturated heterocycles. The molecule has 2 rings (SSSR count). The topological polar surface area (TPSA) is 17.1 Å². The molecule has 17 heavy (non-hydrogen) atoms. The van der Waals surface area contributed by atoms with Crippen LogP contribution in [-0.2, 0) is 4.79 Å². The van der Waals surface area contributed by atoms with Crippen molar-refractivity contribution in [3.8, 4) is 0 Å². The summed E-state index contributed by atoms with van der Waals surface area (Å²) in [6, 6.07) is 0. The first-order chi connectivity index (χ1) is 8.29. The summed E-state index contributed by atoms with van der Waals surface area (Å²) in [4.78, 5) is 11.2. The Bertz CT molecular complexity index is 267. The average molecular weight is 238 g/mol. The summed E-state index contributed by atoms with van der Waals surface area (Å²) in [7, 11) is 0. The molecule has 0 aromatic heterocycles. The van der Waals surface area contributed by atoms with E-state index >= 15 is 0 Å². The van der Waals surface area contributed by atoms with E-state index in [9.17, 15) is 9.18 Å². The predicted molar refractivity (Wildman–Crippen MR) is 67.5 cm³/mol. The van der Waals surface area contributed by atoms with Gasteiger partial charge < -0.3 is 0 Å². The highest BCUT2D eigenvalue weighted by molar-refractivity contribution is 5.79. The summed E-state index contributed by atoms with van der Waals surface area (Å²) >= 11 is 0. The summed E-state index contributed by atoms with van der Waals surface area (Å²) in [5.41, 5.74) is 0. The van der Waals surface area contributed by atoms with Gasteiger partial charge in [0.05, 0.1) is 0 Å². The van der Waals surface area contributed by atoms with E-state index in [0.29, 0.717) is 11.7 Å². The predicted octanol–water partition coefficient (Wildman–Crippen LogP) is 4.08. The van der Waals surface area contributed by atoms with Gasteiger partial charge in [0, 0.05) is 12.8 Å². The normalized spacial score (nSPS) is 32.2. The zero-order chi connectivity index (χ0) is 12.1. The van der Waals surface area contributed by atoms with E-state index in [4.69, 9.17) is 0 Å². The molecule has 0 unspecified atom stereocenters. The molecule has 2 fully saturated rings. The Labute approximate surface area is 103 Å². The minimum Gasteiger partial charge on any atom is -0.300 e. The molecule has 0 bridgehead atoms. The maximum absolute atomic E-state index is 12.0. The molecule has 0 aliphatic heterocycles. The molecule has 96 valence electrons. The molecule has 2 aliphatic rings. The maximum atomic E-state index is 12.0. The monoisotopic (exact) mass is 238 g/mol. The Morgan fingerprint density at radius 2 is 1.59 bits per heavy atom. The van der Waals surface area contributed by atoms with Crippen LogP contribution in [0.15, 0.2) is 12.2 Å². The van der Waals surface area contributed by atoms with Crippen LogP contribution >= 0.6 is 0 Å². The third-order valence-corrected chi connectivity index (χ3v) is 4.57. The van der Waals surface area contributed by atoms with Crippen molar-refractivity contribution in [1.82, 2.24) is 0 Å². The smallest absolute Gasteiger partial charge is 0.132 e. The molecule has 0 atom stereocenters. The second-order valence-corrected chi connectivity index (χ2v) is 5.63. The summed E-state index contributed by atoms with van der Waals surface area (Å²) in [6.45, 7) is -0.329. The fourth-order valence-corrected chi connectivity index (χ4v) is 3.49. The number of ketones is 1. The summed E-state index contributed by atoms with van der Waals surface area (Å²) in [5.74, 6) is 2.69. The highest BCUT2D eigenvalue weighted by Crippen LogP contribution is 2.39. The Morgan fingerprint density at radius 1 is 1.00 bits per heavy atom. The fraction of sp³-hybridized carbons (Fsp3) is 0.800. The fourth-order valence-electron chi connectivity index (χ4n) is 3.49. The van der Waals surface area contributed by atoms with E-state index in [-0.39, 0.29) is 6.67 Å². The van der Waals surface area contributed by atoms with Crippen LogP contribution in [0.3, 0.4) is 0 Å². The molecule has 2 aliphatic carbocycles. The van der Waals surface area contributed by atoms with Gasteiger partial charge in [-0.15, -0.1) is 0 Å². The van der Waals surface area contributed by atoms with E-state index in [1.165, 1.54) is 25.7 Å². The maximum Gasteiger partial charge on any atom is 0.132 e. The van der Waals surface area contributed by atoms with Crippen LogP contribution in [0, 0.1) is 17.8 Å². The van der Waals surface area contributed by atoms with Crippen molar-refractivity contribution in [1.29, 1.82) is 0 Å². The average Bonchev–Trinajstić information content (AvgIpc) is 2.38. The zero-order valence-corrected chi connectivity index (χ0v) is 10.5. The standard InChI is InChI=1S/C15H23FO/c16-11-1-2-12-3-5-13(6-4-12)14-7-9-15(17)10-8-14/h1-2,12-14H,3-11H2. The van der Waals surface area contributed by atoms with Gasteiger partial charge in [-0.05, 0) is 56.3 Å². The summed E-state index contributed by atoms with van der Waals surface area (Å²) in [6.07, 6.45) is 12.6. The lowest BCUT2D eigenvalue weighted by Gasteiger charge is -2.34. The van der Waals surface area contributed by atoms with E-state index in [2.05, 4.69) is 6.08 Å². The number of hydrogen-bond acceptors (Lipinski definition) is 1. The zero-order valence-electron chi connectivity index (χ0n) is 10.5. The molecule has 0 aromatic rings. The number of carbonyl (C=O) groups is 1. The lowest BCUT2D eigenvalue weighted by molar-refractivity contribution is -0.121. The number of halogens is 1. The number of carbonyl (C=O) groups excluding carboxylic acids is 1. The number of Topliss-reactive ketones (excluding diaryl/α,β-unsaturated/α-hetero) is 1. The molecule has 0 radical (unpaired) electrons. The van der Waals surface area contributed by atoms with Gasteiger partial charge >= 0.3 is 0 Å². The molecule has 0 heterocycles. The number of hydrogen-bond donors (Lipinski definition) is 0. The molecular weight excluding hydrogens is 215 g/mol. The van der Waals surface area contributed by atoms with Crippen molar-refractivity contribution in [2.24, 2.45) is 17.8 Å². The molecule has 2 saturated carbocycles. The van der Waals surface area contributed by atoms with Crippen molar-refractivity contribution in [2.45, 2.75) is 51.4 Å². The van der Waals surface area contributed by atoms with Crippen molar-refractivity contribution in [3.05, 3.63) is 12.2 Å². The first-order valence-corrected chi connectivity index (χ1v) is 7.04. The quantitative estimate of drug-likeness (QED) is 0.677. The highest BCUT2D eigenvalue weighted by atomic mass is 19.1.